The van der Waals surface area contributed by atoms with Crippen molar-refractivity contribution in [1.82, 2.24) is 9.55 Å². The number of imidazole rings is 1. The number of hydrogen-bond acceptors (Lipinski definition) is 2. The lowest BCUT2D eigenvalue weighted by atomic mass is 9.74. The third kappa shape index (κ3) is 1.18. The van der Waals surface area contributed by atoms with Crippen molar-refractivity contribution in [2.24, 2.45) is 5.92 Å². The summed E-state index contributed by atoms with van der Waals surface area (Å²) in [6.45, 7) is 0. The lowest BCUT2D eigenvalue weighted by Crippen LogP contribution is -2.37. The number of aromatic nitrogens is 2. The molecule has 1 aliphatic carbocycles. The Morgan fingerprint density at radius 1 is 1.33 bits per heavy atom. The van der Waals surface area contributed by atoms with Crippen LogP contribution in [0.4, 0.5) is 4.39 Å². The van der Waals surface area contributed by atoms with Crippen LogP contribution in [-0.2, 0) is 0 Å². The van der Waals surface area contributed by atoms with Crippen molar-refractivity contribution in [1.29, 1.82) is 0 Å². The molecule has 4 rings (SSSR count). The van der Waals surface area contributed by atoms with Crippen molar-refractivity contribution in [2.75, 3.05) is 0 Å². The van der Waals surface area contributed by atoms with Gasteiger partial charge in [-0.2, -0.15) is 0 Å². The molecule has 0 spiro atoms. The third-order valence-electron chi connectivity index (χ3n) is 4.27. The second-order valence-electron chi connectivity index (χ2n) is 5.17. The Kier molecular flexibility index (Phi) is 1.95. The Balaban J connectivity index is 1.91. The van der Waals surface area contributed by atoms with Gasteiger partial charge in [-0.1, -0.05) is 6.07 Å². The molecule has 2 heterocycles. The van der Waals surface area contributed by atoms with E-state index < -0.39 is 0 Å². The normalized spacial score (nSPS) is 28.7. The molecule has 0 radical (unpaired) electrons. The molecule has 1 fully saturated rings. The van der Waals surface area contributed by atoms with Gasteiger partial charge in [0.05, 0.1) is 30.4 Å². The predicted molar refractivity (Wildman–Crippen MR) is 64.5 cm³/mol. The summed E-state index contributed by atoms with van der Waals surface area (Å²) in [4.78, 5) is 4.15. The summed E-state index contributed by atoms with van der Waals surface area (Å²) in [6, 6.07) is 5.01. The molecule has 0 amide bonds. The summed E-state index contributed by atoms with van der Waals surface area (Å²) < 4.78 is 15.5. The van der Waals surface area contributed by atoms with Crippen LogP contribution in [0.5, 0.6) is 0 Å². The lowest BCUT2D eigenvalue weighted by Gasteiger charge is -2.38. The summed E-state index contributed by atoms with van der Waals surface area (Å²) in [5, 5.41) is 9.90. The maximum absolute atomic E-state index is 13.4. The van der Waals surface area contributed by atoms with E-state index in [4.69, 9.17) is 0 Å². The van der Waals surface area contributed by atoms with Crippen LogP contribution in [0.25, 0.3) is 11.3 Å². The lowest BCUT2D eigenvalue weighted by molar-refractivity contribution is 0.00415. The van der Waals surface area contributed by atoms with Crippen molar-refractivity contribution >= 4 is 0 Å². The summed E-state index contributed by atoms with van der Waals surface area (Å²) in [5.41, 5.74) is 2.97. The van der Waals surface area contributed by atoms with Gasteiger partial charge in [0.25, 0.3) is 0 Å². The number of benzene rings is 1. The molecule has 3 atom stereocenters. The van der Waals surface area contributed by atoms with Crippen LogP contribution in [0, 0.1) is 11.7 Å². The van der Waals surface area contributed by atoms with Gasteiger partial charge in [0.15, 0.2) is 0 Å². The number of aliphatic hydroxyl groups excluding tert-OH is 1. The number of hydrogen-bond donors (Lipinski definition) is 1. The molecule has 1 aromatic heterocycles. The van der Waals surface area contributed by atoms with Crippen molar-refractivity contribution in [3.63, 3.8) is 0 Å². The maximum Gasteiger partial charge on any atom is 0.123 e. The molecular weight excluding hydrogens is 231 g/mol. The minimum atomic E-state index is -0.249. The van der Waals surface area contributed by atoms with Gasteiger partial charge in [-0.05, 0) is 30.5 Å². The van der Waals surface area contributed by atoms with E-state index >= 15 is 0 Å². The first kappa shape index (κ1) is 10.3. The van der Waals surface area contributed by atoms with Crippen LogP contribution in [0.2, 0.25) is 0 Å². The van der Waals surface area contributed by atoms with Gasteiger partial charge in [0.2, 0.25) is 0 Å². The van der Waals surface area contributed by atoms with E-state index in [1.54, 1.807) is 18.6 Å². The zero-order valence-electron chi connectivity index (χ0n) is 9.75. The Morgan fingerprint density at radius 3 is 2.94 bits per heavy atom. The van der Waals surface area contributed by atoms with E-state index in [-0.39, 0.29) is 23.9 Å². The highest BCUT2D eigenvalue weighted by molar-refractivity contribution is 5.69. The summed E-state index contributed by atoms with van der Waals surface area (Å²) >= 11 is 0. The number of aliphatic hydroxyl groups is 1. The molecule has 0 bridgehead atoms. The molecule has 92 valence electrons. The molecule has 0 unspecified atom stereocenters. The predicted octanol–water partition coefficient (Wildman–Crippen LogP) is 2.36. The highest BCUT2D eigenvalue weighted by atomic mass is 19.1. The first-order valence-electron chi connectivity index (χ1n) is 6.25. The van der Waals surface area contributed by atoms with Gasteiger partial charge in [0, 0.05) is 11.5 Å². The van der Waals surface area contributed by atoms with E-state index in [2.05, 4.69) is 9.55 Å². The third-order valence-corrected chi connectivity index (χ3v) is 4.27. The Bertz CT molecular complexity index is 622. The standard InChI is InChI=1S/C14H13FN2O/c15-8-1-2-9-11(5-8)12-6-16-7-17(12)14(9)10-3-4-13(10)18/h1-2,5-7,10,13-14,18H,3-4H2/t10-,13-,14-/m1/s1. The van der Waals surface area contributed by atoms with E-state index in [1.165, 1.54) is 6.07 Å². The molecule has 1 aliphatic heterocycles. The quantitative estimate of drug-likeness (QED) is 0.836. The summed E-state index contributed by atoms with van der Waals surface area (Å²) in [6.07, 6.45) is 5.18. The number of nitrogens with zero attached hydrogens (tertiary/aromatic N) is 2. The second-order valence-corrected chi connectivity index (χ2v) is 5.17. The highest BCUT2D eigenvalue weighted by Gasteiger charge is 2.42. The Hall–Kier alpha value is -1.68. The Labute approximate surface area is 104 Å². The molecule has 2 aromatic rings. The van der Waals surface area contributed by atoms with E-state index in [1.807, 2.05) is 6.07 Å². The van der Waals surface area contributed by atoms with Gasteiger partial charge in [-0.25, -0.2) is 9.37 Å². The molecule has 3 nitrogen and oxygen atoms in total. The van der Waals surface area contributed by atoms with Gasteiger partial charge >= 0.3 is 0 Å². The zero-order chi connectivity index (χ0) is 12.3. The van der Waals surface area contributed by atoms with Gasteiger partial charge in [0.1, 0.15) is 5.82 Å². The number of rotatable bonds is 1. The van der Waals surface area contributed by atoms with E-state index in [0.717, 1.165) is 29.7 Å². The van der Waals surface area contributed by atoms with Crippen LogP contribution in [-0.4, -0.2) is 20.8 Å². The SMILES string of the molecule is O[C@@H]1CC[C@H]1[C@H]1c2ccc(F)cc2-c2cncn21. The first-order chi connectivity index (χ1) is 8.75. The van der Waals surface area contributed by atoms with Crippen molar-refractivity contribution in [2.45, 2.75) is 25.0 Å². The summed E-state index contributed by atoms with van der Waals surface area (Å²) in [7, 11) is 0. The van der Waals surface area contributed by atoms with Crippen LogP contribution in [0.15, 0.2) is 30.7 Å². The average molecular weight is 244 g/mol. The maximum atomic E-state index is 13.4. The van der Waals surface area contributed by atoms with E-state index in [0.29, 0.717) is 0 Å². The first-order valence-corrected chi connectivity index (χ1v) is 6.25. The van der Waals surface area contributed by atoms with Gasteiger partial charge in [-0.3, -0.25) is 0 Å². The monoisotopic (exact) mass is 244 g/mol. The molecule has 1 saturated carbocycles. The van der Waals surface area contributed by atoms with Crippen LogP contribution >= 0.6 is 0 Å². The fourth-order valence-electron chi connectivity index (χ4n) is 3.21. The average Bonchev–Trinajstić information content (AvgIpc) is 2.91. The minimum absolute atomic E-state index is 0.113. The van der Waals surface area contributed by atoms with E-state index in [9.17, 15) is 9.50 Å². The topological polar surface area (TPSA) is 38.1 Å². The van der Waals surface area contributed by atoms with Gasteiger partial charge < -0.3 is 9.67 Å². The fourth-order valence-corrected chi connectivity index (χ4v) is 3.21. The smallest absolute Gasteiger partial charge is 0.123 e. The molecule has 1 aromatic carbocycles. The van der Waals surface area contributed by atoms with Crippen molar-refractivity contribution in [3.8, 4) is 11.3 Å². The number of halogens is 1. The molecule has 0 saturated heterocycles. The highest BCUT2D eigenvalue weighted by Crippen LogP contribution is 2.48. The minimum Gasteiger partial charge on any atom is -0.393 e. The Morgan fingerprint density at radius 2 is 2.22 bits per heavy atom. The van der Waals surface area contributed by atoms with Gasteiger partial charge in [-0.15, -0.1) is 0 Å². The molecule has 18 heavy (non-hydrogen) atoms. The van der Waals surface area contributed by atoms with Crippen LogP contribution in [0.1, 0.15) is 24.4 Å². The largest absolute Gasteiger partial charge is 0.393 e. The summed E-state index contributed by atoms with van der Waals surface area (Å²) in [5.74, 6) is 0.000897. The number of fused-ring (bicyclic) bond motifs is 3. The van der Waals surface area contributed by atoms with Crippen molar-refractivity contribution < 1.29 is 9.50 Å². The second kappa shape index (κ2) is 3.42. The molecule has 1 N–H and O–H groups in total. The molecular formula is C14H13FN2O. The molecule has 2 aliphatic rings. The van der Waals surface area contributed by atoms with Crippen LogP contribution in [0.3, 0.4) is 0 Å². The fraction of sp³-hybridized carbons (Fsp3) is 0.357. The molecule has 4 heteroatoms. The zero-order valence-corrected chi connectivity index (χ0v) is 9.75. The van der Waals surface area contributed by atoms with Crippen molar-refractivity contribution in [3.05, 3.63) is 42.1 Å². The van der Waals surface area contributed by atoms with Crippen LogP contribution < -0.4 is 0 Å².